The molecule has 0 atom stereocenters. The summed E-state index contributed by atoms with van der Waals surface area (Å²) in [6, 6.07) is 11.0. The maximum atomic E-state index is 12.1. The van der Waals surface area contributed by atoms with Gasteiger partial charge in [-0.15, -0.1) is 11.8 Å². The van der Waals surface area contributed by atoms with Gasteiger partial charge in [0, 0.05) is 28.8 Å². The molecule has 2 amide bonds. The van der Waals surface area contributed by atoms with E-state index >= 15 is 0 Å². The predicted molar refractivity (Wildman–Crippen MR) is 104 cm³/mol. The summed E-state index contributed by atoms with van der Waals surface area (Å²) in [6.45, 7) is 0. The molecule has 0 aliphatic heterocycles. The van der Waals surface area contributed by atoms with E-state index in [4.69, 9.17) is 11.6 Å². The molecule has 0 bridgehead atoms. The van der Waals surface area contributed by atoms with E-state index in [1.54, 1.807) is 24.3 Å². The first kappa shape index (κ1) is 19.2. The summed E-state index contributed by atoms with van der Waals surface area (Å²) in [5, 5.41) is 16.5. The number of non-ortho nitro benzene ring substituents is 1. The first-order valence-corrected chi connectivity index (χ1v) is 9.56. The van der Waals surface area contributed by atoms with Crippen LogP contribution < -0.4 is 10.6 Å². The highest BCUT2D eigenvalue weighted by atomic mass is 35.5. The van der Waals surface area contributed by atoms with Gasteiger partial charge in [-0.1, -0.05) is 11.6 Å². The molecule has 0 radical (unpaired) electrons. The van der Waals surface area contributed by atoms with Crippen molar-refractivity contribution in [3.8, 4) is 0 Å². The first-order chi connectivity index (χ1) is 12.9. The van der Waals surface area contributed by atoms with Gasteiger partial charge >= 0.3 is 0 Å². The van der Waals surface area contributed by atoms with Crippen molar-refractivity contribution in [1.29, 1.82) is 0 Å². The Morgan fingerprint density at radius 3 is 2.48 bits per heavy atom. The van der Waals surface area contributed by atoms with Crippen molar-refractivity contribution >= 4 is 46.6 Å². The minimum Gasteiger partial charge on any atom is -0.349 e. The third-order valence-corrected chi connectivity index (χ3v) is 5.15. The van der Waals surface area contributed by atoms with E-state index in [-0.39, 0.29) is 34.3 Å². The van der Waals surface area contributed by atoms with E-state index in [1.807, 2.05) is 0 Å². The number of nitro benzene ring substituents is 1. The van der Waals surface area contributed by atoms with Crippen LogP contribution in [0.1, 0.15) is 23.2 Å². The van der Waals surface area contributed by atoms with Crippen LogP contribution in [-0.2, 0) is 4.79 Å². The normalized spacial score (nSPS) is 13.1. The molecule has 2 aromatic carbocycles. The van der Waals surface area contributed by atoms with Crippen LogP contribution in [0.5, 0.6) is 0 Å². The molecule has 1 fully saturated rings. The molecule has 140 valence electrons. The summed E-state index contributed by atoms with van der Waals surface area (Å²) in [7, 11) is 0. The quantitative estimate of drug-likeness (QED) is 0.413. The molecule has 0 saturated heterocycles. The highest BCUT2D eigenvalue weighted by Crippen LogP contribution is 2.25. The molecule has 0 unspecified atom stereocenters. The third-order valence-electron chi connectivity index (χ3n) is 3.83. The minimum atomic E-state index is -0.473. The molecule has 2 N–H and O–H groups in total. The van der Waals surface area contributed by atoms with Gasteiger partial charge in [-0.2, -0.15) is 0 Å². The number of nitrogens with one attached hydrogen (secondary N) is 2. The van der Waals surface area contributed by atoms with Crippen molar-refractivity contribution in [3.63, 3.8) is 0 Å². The van der Waals surface area contributed by atoms with Gasteiger partial charge in [0.2, 0.25) is 5.91 Å². The summed E-state index contributed by atoms with van der Waals surface area (Å²) in [4.78, 5) is 35.0. The van der Waals surface area contributed by atoms with Gasteiger partial charge in [-0.25, -0.2) is 0 Å². The zero-order valence-corrected chi connectivity index (χ0v) is 15.7. The predicted octanol–water partition coefficient (Wildman–Crippen LogP) is 3.87. The van der Waals surface area contributed by atoms with Crippen LogP contribution in [0.2, 0.25) is 5.02 Å². The Bertz CT molecular complexity index is 885. The molecule has 1 aliphatic carbocycles. The highest BCUT2D eigenvalue weighted by Gasteiger charge is 2.24. The number of halogens is 1. The monoisotopic (exact) mass is 405 g/mol. The first-order valence-electron chi connectivity index (χ1n) is 8.20. The van der Waals surface area contributed by atoms with Crippen LogP contribution in [-0.4, -0.2) is 28.5 Å². The van der Waals surface area contributed by atoms with Crippen LogP contribution in [0.4, 0.5) is 11.4 Å². The molecule has 1 aliphatic rings. The Morgan fingerprint density at radius 2 is 1.89 bits per heavy atom. The van der Waals surface area contributed by atoms with Gasteiger partial charge in [0.25, 0.3) is 11.6 Å². The Hall–Kier alpha value is -2.58. The van der Waals surface area contributed by atoms with Gasteiger partial charge in [-0.3, -0.25) is 19.7 Å². The van der Waals surface area contributed by atoms with Gasteiger partial charge in [0.15, 0.2) is 0 Å². The maximum absolute atomic E-state index is 12.1. The molecule has 2 aromatic rings. The Kier molecular flexibility index (Phi) is 5.98. The molecule has 9 heteroatoms. The summed E-state index contributed by atoms with van der Waals surface area (Å²) in [5.41, 5.74) is 0.878. The average Bonchev–Trinajstić information content (AvgIpc) is 3.44. The van der Waals surface area contributed by atoms with E-state index in [0.29, 0.717) is 11.3 Å². The zero-order chi connectivity index (χ0) is 19.4. The highest BCUT2D eigenvalue weighted by molar-refractivity contribution is 8.00. The summed E-state index contributed by atoms with van der Waals surface area (Å²) < 4.78 is 0. The van der Waals surface area contributed by atoms with Crippen molar-refractivity contribution in [2.75, 3.05) is 11.1 Å². The topological polar surface area (TPSA) is 101 Å². The second-order valence-corrected chi connectivity index (χ2v) is 7.49. The van der Waals surface area contributed by atoms with E-state index in [0.717, 1.165) is 17.7 Å². The lowest BCUT2D eigenvalue weighted by molar-refractivity contribution is -0.384. The van der Waals surface area contributed by atoms with Gasteiger partial charge in [0.05, 0.1) is 21.3 Å². The lowest BCUT2D eigenvalue weighted by atomic mass is 10.2. The number of amides is 2. The number of nitrogens with zero attached hydrogens (tertiary/aromatic N) is 1. The van der Waals surface area contributed by atoms with Crippen molar-refractivity contribution in [2.45, 2.75) is 23.8 Å². The number of nitro groups is 1. The number of benzene rings is 2. The minimum absolute atomic E-state index is 0.00394. The number of carbonyl (C=O) groups excluding carboxylic acids is 2. The van der Waals surface area contributed by atoms with Gasteiger partial charge in [-0.05, 0) is 43.2 Å². The number of rotatable bonds is 7. The van der Waals surface area contributed by atoms with Gasteiger partial charge in [0.1, 0.15) is 0 Å². The van der Waals surface area contributed by atoms with Crippen LogP contribution in [0, 0.1) is 10.1 Å². The fourth-order valence-electron chi connectivity index (χ4n) is 2.28. The Labute approximate surface area is 164 Å². The standard InChI is InChI=1S/C18H16ClN3O4S/c19-16-9-12(3-8-15(16)18(24)21-11-1-2-11)20-17(23)10-27-14-6-4-13(5-7-14)22(25)26/h3-9,11H,1-2,10H2,(H,20,23)(H,21,24). The maximum Gasteiger partial charge on any atom is 0.269 e. The SMILES string of the molecule is O=C(CSc1ccc([N+](=O)[O-])cc1)Nc1ccc(C(=O)NC2CC2)c(Cl)c1. The Morgan fingerprint density at radius 1 is 1.19 bits per heavy atom. The van der Waals surface area contributed by atoms with Crippen molar-refractivity contribution in [1.82, 2.24) is 5.32 Å². The zero-order valence-electron chi connectivity index (χ0n) is 14.1. The number of thioether (sulfide) groups is 1. The largest absolute Gasteiger partial charge is 0.349 e. The van der Waals surface area contributed by atoms with Crippen molar-refractivity contribution in [3.05, 3.63) is 63.2 Å². The Balaban J connectivity index is 1.53. The molecule has 1 saturated carbocycles. The molecular formula is C18H16ClN3O4S. The van der Waals surface area contributed by atoms with E-state index in [9.17, 15) is 19.7 Å². The molecular weight excluding hydrogens is 390 g/mol. The molecule has 7 nitrogen and oxygen atoms in total. The number of hydrogen-bond donors (Lipinski definition) is 2. The number of hydrogen-bond acceptors (Lipinski definition) is 5. The van der Waals surface area contributed by atoms with Crippen LogP contribution >= 0.6 is 23.4 Å². The lowest BCUT2D eigenvalue weighted by Crippen LogP contribution is -2.25. The second kappa shape index (κ2) is 8.41. The molecule has 0 spiro atoms. The van der Waals surface area contributed by atoms with Crippen molar-refractivity contribution in [2.24, 2.45) is 0 Å². The molecule has 27 heavy (non-hydrogen) atoms. The van der Waals surface area contributed by atoms with Crippen LogP contribution in [0.25, 0.3) is 0 Å². The number of anilines is 1. The second-order valence-electron chi connectivity index (χ2n) is 6.03. The van der Waals surface area contributed by atoms with E-state index in [2.05, 4.69) is 10.6 Å². The average molecular weight is 406 g/mol. The lowest BCUT2D eigenvalue weighted by Gasteiger charge is -2.09. The molecule has 0 heterocycles. The van der Waals surface area contributed by atoms with Gasteiger partial charge < -0.3 is 10.6 Å². The smallest absolute Gasteiger partial charge is 0.269 e. The number of carbonyl (C=O) groups is 2. The van der Waals surface area contributed by atoms with Crippen LogP contribution in [0.15, 0.2) is 47.4 Å². The summed E-state index contributed by atoms with van der Waals surface area (Å²) >= 11 is 7.41. The van der Waals surface area contributed by atoms with E-state index < -0.39 is 4.92 Å². The molecule has 3 rings (SSSR count). The van der Waals surface area contributed by atoms with E-state index in [1.165, 1.54) is 30.0 Å². The fourth-order valence-corrected chi connectivity index (χ4v) is 3.24. The fraction of sp³-hybridized carbons (Fsp3) is 0.222. The molecule has 0 aromatic heterocycles. The summed E-state index contributed by atoms with van der Waals surface area (Å²) in [6.07, 6.45) is 1.98. The summed E-state index contributed by atoms with van der Waals surface area (Å²) in [5.74, 6) is -0.321. The van der Waals surface area contributed by atoms with Crippen molar-refractivity contribution < 1.29 is 14.5 Å². The third kappa shape index (κ3) is 5.45. The van der Waals surface area contributed by atoms with Crippen LogP contribution in [0.3, 0.4) is 0 Å².